The Bertz CT molecular complexity index is 335. The third-order valence-electron chi connectivity index (χ3n) is 2.56. The van der Waals surface area contributed by atoms with Crippen LogP contribution in [0.1, 0.15) is 13.8 Å². The molecule has 2 aliphatic rings. The van der Waals surface area contributed by atoms with Crippen LogP contribution in [0.25, 0.3) is 0 Å². The van der Waals surface area contributed by atoms with E-state index in [0.717, 1.165) is 0 Å². The number of morpholine rings is 1. The first-order valence-corrected chi connectivity index (χ1v) is 4.65. The molecule has 1 amide bonds. The lowest BCUT2D eigenvalue weighted by molar-refractivity contribution is -0.156. The highest BCUT2D eigenvalue weighted by Crippen LogP contribution is 2.39. The predicted molar refractivity (Wildman–Crippen MR) is 46.6 cm³/mol. The number of ether oxygens (including phenoxy) is 2. The Morgan fingerprint density at radius 1 is 1.47 bits per heavy atom. The molecule has 0 N–H and O–H groups in total. The van der Waals surface area contributed by atoms with Crippen LogP contribution < -0.4 is 0 Å². The normalized spacial score (nSPS) is 32.0. The maximum absolute atomic E-state index is 11.2. The van der Waals surface area contributed by atoms with Crippen molar-refractivity contribution in [3.8, 4) is 0 Å². The van der Waals surface area contributed by atoms with Crippen LogP contribution in [0.4, 0.5) is 0 Å². The summed E-state index contributed by atoms with van der Waals surface area (Å²) in [6.45, 7) is 2.70. The third kappa shape index (κ3) is 1.55. The van der Waals surface area contributed by atoms with E-state index in [1.807, 2.05) is 0 Å². The molecular weight excluding hydrogens is 202 g/mol. The first-order valence-electron chi connectivity index (χ1n) is 4.65. The van der Waals surface area contributed by atoms with Crippen molar-refractivity contribution in [2.45, 2.75) is 32.0 Å². The van der Waals surface area contributed by atoms with Gasteiger partial charge < -0.3 is 14.4 Å². The molecular formula is C9H11NO5. The fourth-order valence-electron chi connectivity index (χ4n) is 1.91. The van der Waals surface area contributed by atoms with Gasteiger partial charge in [-0.1, -0.05) is 0 Å². The second-order valence-corrected chi connectivity index (χ2v) is 3.64. The second kappa shape index (κ2) is 3.22. The Labute approximate surface area is 86.1 Å². The lowest BCUT2D eigenvalue weighted by atomic mass is 10.2. The van der Waals surface area contributed by atoms with Gasteiger partial charge in [0.15, 0.2) is 12.1 Å². The molecule has 6 heteroatoms. The molecule has 0 aromatic carbocycles. The Hall–Kier alpha value is -1.59. The summed E-state index contributed by atoms with van der Waals surface area (Å²) in [5, 5.41) is 0. The number of amides is 1. The topological polar surface area (TPSA) is 72.7 Å². The van der Waals surface area contributed by atoms with Crippen LogP contribution in [0.5, 0.6) is 0 Å². The molecule has 0 unspecified atom stereocenters. The Kier molecular flexibility index (Phi) is 2.13. The molecule has 3 atom stereocenters. The van der Waals surface area contributed by atoms with Gasteiger partial charge in [0.1, 0.15) is 12.6 Å². The number of esters is 2. The molecule has 0 spiro atoms. The quantitative estimate of drug-likeness (QED) is 0.438. The molecule has 0 aromatic rings. The maximum Gasteiger partial charge on any atom is 0.331 e. The van der Waals surface area contributed by atoms with E-state index < -0.39 is 24.1 Å². The van der Waals surface area contributed by atoms with E-state index in [1.54, 1.807) is 0 Å². The summed E-state index contributed by atoms with van der Waals surface area (Å²) in [5.74, 6) is -0.994. The summed E-state index contributed by atoms with van der Waals surface area (Å²) in [6, 6.07) is -0.697. The van der Waals surface area contributed by atoms with Crippen LogP contribution in [-0.4, -0.2) is 47.5 Å². The molecule has 2 fully saturated rings. The summed E-state index contributed by atoms with van der Waals surface area (Å²) < 4.78 is 9.69. The second-order valence-electron chi connectivity index (χ2n) is 3.64. The smallest absolute Gasteiger partial charge is 0.331 e. The Balaban J connectivity index is 1.96. The zero-order chi connectivity index (χ0) is 11.2. The van der Waals surface area contributed by atoms with Gasteiger partial charge in [-0.15, -0.1) is 0 Å². The molecule has 0 saturated carbocycles. The van der Waals surface area contributed by atoms with Crippen molar-refractivity contribution >= 4 is 17.8 Å². The highest BCUT2D eigenvalue weighted by molar-refractivity contribution is 5.92. The van der Waals surface area contributed by atoms with Gasteiger partial charge in [-0.25, -0.2) is 4.79 Å². The van der Waals surface area contributed by atoms with Gasteiger partial charge in [-0.05, 0) is 0 Å². The van der Waals surface area contributed by atoms with Crippen LogP contribution in [-0.2, 0) is 23.9 Å². The number of rotatable bonds is 2. The highest BCUT2D eigenvalue weighted by Gasteiger charge is 2.65. The minimum Gasteiger partial charge on any atom is -0.462 e. The van der Waals surface area contributed by atoms with Crippen LogP contribution in [0.3, 0.4) is 0 Å². The van der Waals surface area contributed by atoms with Crippen molar-refractivity contribution in [3.63, 3.8) is 0 Å². The molecule has 0 aliphatic carbocycles. The molecule has 0 radical (unpaired) electrons. The van der Waals surface area contributed by atoms with Crippen molar-refractivity contribution in [3.05, 3.63) is 0 Å². The molecule has 0 aromatic heterocycles. The van der Waals surface area contributed by atoms with Crippen LogP contribution in [0, 0.1) is 0 Å². The molecule has 15 heavy (non-hydrogen) atoms. The van der Waals surface area contributed by atoms with Crippen LogP contribution in [0.2, 0.25) is 0 Å². The van der Waals surface area contributed by atoms with Gasteiger partial charge in [0.25, 0.3) is 0 Å². The fraction of sp³-hybridized carbons (Fsp3) is 0.667. The van der Waals surface area contributed by atoms with Gasteiger partial charge in [-0.3, -0.25) is 9.59 Å². The van der Waals surface area contributed by atoms with Crippen molar-refractivity contribution in [2.24, 2.45) is 0 Å². The van der Waals surface area contributed by atoms with Gasteiger partial charge >= 0.3 is 11.9 Å². The third-order valence-corrected chi connectivity index (χ3v) is 2.56. The Morgan fingerprint density at radius 3 is 2.60 bits per heavy atom. The van der Waals surface area contributed by atoms with Crippen molar-refractivity contribution in [1.29, 1.82) is 0 Å². The lowest BCUT2D eigenvalue weighted by Gasteiger charge is -2.14. The van der Waals surface area contributed by atoms with Gasteiger partial charge in [0.05, 0.1) is 0 Å². The van der Waals surface area contributed by atoms with E-state index >= 15 is 0 Å². The minimum absolute atomic E-state index is 0.0199. The maximum atomic E-state index is 11.2. The average Bonchev–Trinajstić information content (AvgIpc) is 2.79. The number of hydrogen-bond donors (Lipinski definition) is 0. The minimum atomic E-state index is -0.504. The summed E-state index contributed by atoms with van der Waals surface area (Å²) in [7, 11) is 0. The van der Waals surface area contributed by atoms with Crippen molar-refractivity contribution in [2.75, 3.05) is 6.61 Å². The Morgan fingerprint density at radius 2 is 2.13 bits per heavy atom. The molecule has 2 rings (SSSR count). The van der Waals surface area contributed by atoms with Crippen LogP contribution in [0.15, 0.2) is 0 Å². The van der Waals surface area contributed by atoms with Crippen LogP contribution >= 0.6 is 0 Å². The van der Waals surface area contributed by atoms with Gasteiger partial charge in [0, 0.05) is 13.8 Å². The van der Waals surface area contributed by atoms with E-state index in [9.17, 15) is 14.4 Å². The SMILES string of the molecule is CC(=O)OC[C@H]1OC(=O)[C@@H]2[C@H]1N2C(C)=O. The lowest BCUT2D eigenvalue weighted by Crippen LogP contribution is -2.31. The standard InChI is InChI=1S/C9H11NO5/c1-4(11)10-7-6(3-14-5(2)12)15-9(13)8(7)10/h6-8H,3H2,1-2H3/t6-,7+,8+,10?/m1/s1. The van der Waals surface area contributed by atoms with E-state index in [1.165, 1.54) is 18.7 Å². The summed E-state index contributed by atoms with van der Waals surface area (Å²) >= 11 is 0. The van der Waals surface area contributed by atoms with E-state index in [0.29, 0.717) is 0 Å². The highest BCUT2D eigenvalue weighted by atomic mass is 16.6. The summed E-state index contributed by atoms with van der Waals surface area (Å²) in [4.78, 5) is 34.3. The average molecular weight is 213 g/mol. The first kappa shape index (κ1) is 9.95. The number of fused-ring (bicyclic) bond motifs is 1. The molecule has 2 aliphatic heterocycles. The molecule has 0 bridgehead atoms. The zero-order valence-corrected chi connectivity index (χ0v) is 8.43. The number of hydrogen-bond acceptors (Lipinski definition) is 5. The summed E-state index contributed by atoms with van der Waals surface area (Å²) in [6.07, 6.45) is -0.504. The number of nitrogens with zero attached hydrogens (tertiary/aromatic N) is 1. The monoisotopic (exact) mass is 213 g/mol. The predicted octanol–water partition coefficient (Wildman–Crippen LogP) is -0.926. The molecule has 2 heterocycles. The van der Waals surface area contributed by atoms with Gasteiger partial charge in [-0.2, -0.15) is 0 Å². The number of carbonyl (C=O) groups is 3. The number of cyclic esters (lactones) is 1. The van der Waals surface area contributed by atoms with E-state index in [2.05, 4.69) is 0 Å². The zero-order valence-electron chi connectivity index (χ0n) is 8.43. The largest absolute Gasteiger partial charge is 0.462 e. The van der Waals surface area contributed by atoms with E-state index in [-0.39, 0.29) is 18.6 Å². The van der Waals surface area contributed by atoms with E-state index in [4.69, 9.17) is 9.47 Å². The summed E-state index contributed by atoms with van der Waals surface area (Å²) in [5.41, 5.74) is 0. The fourth-order valence-corrected chi connectivity index (χ4v) is 1.91. The molecule has 82 valence electrons. The molecule has 2 saturated heterocycles. The first-order chi connectivity index (χ1) is 7.02. The van der Waals surface area contributed by atoms with Crippen molar-refractivity contribution in [1.82, 2.24) is 4.90 Å². The number of carbonyl (C=O) groups excluding carboxylic acids is 3. The van der Waals surface area contributed by atoms with Crippen molar-refractivity contribution < 1.29 is 23.9 Å². The molecule has 6 nitrogen and oxygen atoms in total. The van der Waals surface area contributed by atoms with Gasteiger partial charge in [0.2, 0.25) is 5.91 Å².